The van der Waals surface area contributed by atoms with Gasteiger partial charge in [-0.25, -0.2) is 0 Å². The standard InChI is InChI=1S/C18H29NO/c1-5-19-16-8-6-7-9-17(16)20-18-12-15(13(2)3)11-10-14(18)4/h10-13,16-17,19H,5-9H2,1-4H3. The van der Waals surface area contributed by atoms with Crippen molar-refractivity contribution in [2.75, 3.05) is 6.54 Å². The molecule has 1 aromatic rings. The molecule has 0 aromatic heterocycles. The molecule has 1 fully saturated rings. The smallest absolute Gasteiger partial charge is 0.122 e. The lowest BCUT2D eigenvalue weighted by Gasteiger charge is -2.33. The molecule has 20 heavy (non-hydrogen) atoms. The van der Waals surface area contributed by atoms with Gasteiger partial charge in [0, 0.05) is 6.04 Å². The van der Waals surface area contributed by atoms with Crippen LogP contribution in [0.25, 0.3) is 0 Å². The van der Waals surface area contributed by atoms with Crippen molar-refractivity contribution >= 4 is 0 Å². The Morgan fingerprint density at radius 2 is 2.00 bits per heavy atom. The number of likely N-dealkylation sites (N-methyl/N-ethyl adjacent to an activating group) is 1. The highest BCUT2D eigenvalue weighted by atomic mass is 16.5. The number of hydrogen-bond donors (Lipinski definition) is 1. The van der Waals surface area contributed by atoms with Gasteiger partial charge in [-0.3, -0.25) is 0 Å². The third-order valence-electron chi connectivity index (χ3n) is 4.33. The van der Waals surface area contributed by atoms with Gasteiger partial charge in [0.05, 0.1) is 0 Å². The van der Waals surface area contributed by atoms with E-state index in [2.05, 4.69) is 51.2 Å². The highest BCUT2D eigenvalue weighted by molar-refractivity contribution is 5.38. The highest BCUT2D eigenvalue weighted by Gasteiger charge is 2.26. The third-order valence-corrected chi connectivity index (χ3v) is 4.33. The number of hydrogen-bond acceptors (Lipinski definition) is 2. The van der Waals surface area contributed by atoms with Crippen LogP contribution >= 0.6 is 0 Å². The second kappa shape index (κ2) is 7.12. The maximum Gasteiger partial charge on any atom is 0.122 e. The minimum Gasteiger partial charge on any atom is -0.489 e. The minimum atomic E-state index is 0.324. The number of ether oxygens (including phenoxy) is 1. The Balaban J connectivity index is 2.12. The van der Waals surface area contributed by atoms with Crippen LogP contribution in [0.5, 0.6) is 5.75 Å². The summed E-state index contributed by atoms with van der Waals surface area (Å²) >= 11 is 0. The summed E-state index contributed by atoms with van der Waals surface area (Å²) in [4.78, 5) is 0. The first-order valence-corrected chi connectivity index (χ1v) is 8.12. The summed E-state index contributed by atoms with van der Waals surface area (Å²) in [7, 11) is 0. The molecule has 0 heterocycles. The van der Waals surface area contributed by atoms with Crippen LogP contribution in [0, 0.1) is 6.92 Å². The third kappa shape index (κ3) is 3.76. The number of rotatable bonds is 5. The zero-order valence-corrected chi connectivity index (χ0v) is 13.4. The van der Waals surface area contributed by atoms with Crippen molar-refractivity contribution in [1.82, 2.24) is 5.32 Å². The van der Waals surface area contributed by atoms with E-state index in [0.29, 0.717) is 18.1 Å². The van der Waals surface area contributed by atoms with Crippen molar-refractivity contribution in [1.29, 1.82) is 0 Å². The maximum absolute atomic E-state index is 6.38. The van der Waals surface area contributed by atoms with Crippen LogP contribution in [0.1, 0.15) is 63.5 Å². The molecule has 112 valence electrons. The predicted molar refractivity (Wildman–Crippen MR) is 85.6 cm³/mol. The fraction of sp³-hybridized carbons (Fsp3) is 0.667. The average Bonchev–Trinajstić information content (AvgIpc) is 2.43. The lowest BCUT2D eigenvalue weighted by Crippen LogP contribution is -2.45. The van der Waals surface area contributed by atoms with Crippen molar-refractivity contribution in [2.45, 2.75) is 71.4 Å². The first-order chi connectivity index (χ1) is 9.61. The molecule has 2 rings (SSSR count). The van der Waals surface area contributed by atoms with Gasteiger partial charge in [0.25, 0.3) is 0 Å². The van der Waals surface area contributed by atoms with E-state index in [4.69, 9.17) is 4.74 Å². The van der Waals surface area contributed by atoms with Gasteiger partial charge in [0.1, 0.15) is 11.9 Å². The van der Waals surface area contributed by atoms with Crippen molar-refractivity contribution < 1.29 is 4.74 Å². The summed E-state index contributed by atoms with van der Waals surface area (Å²) in [6, 6.07) is 7.15. The van der Waals surface area contributed by atoms with Gasteiger partial charge in [-0.2, -0.15) is 0 Å². The molecule has 0 bridgehead atoms. The van der Waals surface area contributed by atoms with E-state index in [-0.39, 0.29) is 0 Å². The summed E-state index contributed by atoms with van der Waals surface area (Å²) in [5, 5.41) is 3.59. The molecular formula is C18H29NO. The van der Waals surface area contributed by atoms with Gasteiger partial charge in [0.15, 0.2) is 0 Å². The fourth-order valence-electron chi connectivity index (χ4n) is 3.00. The van der Waals surface area contributed by atoms with E-state index in [1.54, 1.807) is 0 Å². The topological polar surface area (TPSA) is 21.3 Å². The number of aryl methyl sites for hydroxylation is 1. The molecule has 1 aliphatic carbocycles. The van der Waals surface area contributed by atoms with Crippen LogP contribution in [-0.4, -0.2) is 18.7 Å². The van der Waals surface area contributed by atoms with Crippen LogP contribution in [0.15, 0.2) is 18.2 Å². The Morgan fingerprint density at radius 3 is 2.70 bits per heavy atom. The molecule has 0 saturated heterocycles. The first-order valence-electron chi connectivity index (χ1n) is 8.12. The van der Waals surface area contributed by atoms with Crippen LogP contribution < -0.4 is 10.1 Å². The second-order valence-electron chi connectivity index (χ2n) is 6.28. The van der Waals surface area contributed by atoms with E-state index in [1.807, 2.05) is 0 Å². The van der Waals surface area contributed by atoms with Gasteiger partial charge in [-0.15, -0.1) is 0 Å². The Kier molecular flexibility index (Phi) is 5.47. The van der Waals surface area contributed by atoms with E-state index in [9.17, 15) is 0 Å². The zero-order valence-electron chi connectivity index (χ0n) is 13.4. The quantitative estimate of drug-likeness (QED) is 0.859. The molecule has 1 N–H and O–H groups in total. The van der Waals surface area contributed by atoms with Crippen LogP contribution in [0.2, 0.25) is 0 Å². The molecule has 2 unspecified atom stereocenters. The van der Waals surface area contributed by atoms with Gasteiger partial charge in [-0.1, -0.05) is 39.3 Å². The highest BCUT2D eigenvalue weighted by Crippen LogP contribution is 2.29. The Morgan fingerprint density at radius 1 is 1.25 bits per heavy atom. The average molecular weight is 275 g/mol. The maximum atomic E-state index is 6.38. The van der Waals surface area contributed by atoms with Crippen LogP contribution in [0.3, 0.4) is 0 Å². The molecule has 0 radical (unpaired) electrons. The molecule has 2 nitrogen and oxygen atoms in total. The summed E-state index contributed by atoms with van der Waals surface area (Å²) < 4.78 is 6.38. The molecular weight excluding hydrogens is 246 g/mol. The molecule has 0 amide bonds. The lowest BCUT2D eigenvalue weighted by molar-refractivity contribution is 0.114. The van der Waals surface area contributed by atoms with E-state index in [0.717, 1.165) is 12.3 Å². The summed E-state index contributed by atoms with van der Waals surface area (Å²) in [5.41, 5.74) is 2.61. The molecule has 2 heteroatoms. The number of nitrogens with one attached hydrogen (secondary N) is 1. The van der Waals surface area contributed by atoms with Crippen molar-refractivity contribution in [3.8, 4) is 5.75 Å². The van der Waals surface area contributed by atoms with E-state index >= 15 is 0 Å². The van der Waals surface area contributed by atoms with Gasteiger partial charge in [-0.05, 0) is 55.8 Å². The van der Waals surface area contributed by atoms with Gasteiger partial charge in [0.2, 0.25) is 0 Å². The predicted octanol–water partition coefficient (Wildman–Crippen LogP) is 4.42. The largest absolute Gasteiger partial charge is 0.489 e. The molecule has 0 spiro atoms. The fourth-order valence-corrected chi connectivity index (χ4v) is 3.00. The summed E-state index contributed by atoms with van der Waals surface area (Å²) in [5.74, 6) is 1.62. The molecule has 1 aliphatic rings. The molecule has 1 saturated carbocycles. The molecule has 2 atom stereocenters. The Hall–Kier alpha value is -1.02. The van der Waals surface area contributed by atoms with Crippen molar-refractivity contribution in [3.05, 3.63) is 29.3 Å². The van der Waals surface area contributed by atoms with Gasteiger partial charge < -0.3 is 10.1 Å². The molecule has 1 aromatic carbocycles. The Bertz CT molecular complexity index is 425. The Labute approximate surface area is 123 Å². The first kappa shape index (κ1) is 15.4. The number of benzene rings is 1. The van der Waals surface area contributed by atoms with Crippen molar-refractivity contribution in [2.24, 2.45) is 0 Å². The minimum absolute atomic E-state index is 0.324. The van der Waals surface area contributed by atoms with E-state index in [1.165, 1.54) is 36.8 Å². The zero-order chi connectivity index (χ0) is 14.5. The van der Waals surface area contributed by atoms with E-state index < -0.39 is 0 Å². The molecule has 0 aliphatic heterocycles. The lowest BCUT2D eigenvalue weighted by atomic mass is 9.92. The van der Waals surface area contributed by atoms with Crippen LogP contribution in [-0.2, 0) is 0 Å². The SMILES string of the molecule is CCNC1CCCCC1Oc1cc(C(C)C)ccc1C. The summed E-state index contributed by atoms with van der Waals surface area (Å²) in [6.07, 6.45) is 5.34. The van der Waals surface area contributed by atoms with Crippen molar-refractivity contribution in [3.63, 3.8) is 0 Å². The van der Waals surface area contributed by atoms with Crippen LogP contribution in [0.4, 0.5) is 0 Å². The normalized spacial score (nSPS) is 23.1. The second-order valence-corrected chi connectivity index (χ2v) is 6.28. The summed E-state index contributed by atoms with van der Waals surface area (Å²) in [6.45, 7) is 9.81. The van der Waals surface area contributed by atoms with Gasteiger partial charge >= 0.3 is 0 Å². The monoisotopic (exact) mass is 275 g/mol.